The average molecular weight is 322 g/mol. The molecule has 2 amide bonds. The van der Waals surface area contributed by atoms with Gasteiger partial charge in [0.05, 0.1) is 0 Å². The zero-order valence-corrected chi connectivity index (χ0v) is 13.6. The minimum absolute atomic E-state index is 0.193. The Kier molecular flexibility index (Phi) is 5.08. The van der Waals surface area contributed by atoms with Crippen molar-refractivity contribution in [1.29, 1.82) is 0 Å². The first-order valence-corrected chi connectivity index (χ1v) is 7.59. The molecule has 5 nitrogen and oxygen atoms in total. The third-order valence-electron chi connectivity index (χ3n) is 3.40. The molecule has 0 aliphatic heterocycles. The van der Waals surface area contributed by atoms with Crippen LogP contribution in [0.2, 0.25) is 5.02 Å². The molecule has 0 saturated carbocycles. The van der Waals surface area contributed by atoms with Crippen molar-refractivity contribution in [2.24, 2.45) is 5.92 Å². The van der Waals surface area contributed by atoms with Crippen LogP contribution in [0.5, 0.6) is 0 Å². The lowest BCUT2D eigenvalue weighted by atomic mass is 10.0. The van der Waals surface area contributed by atoms with Gasteiger partial charge in [0.2, 0.25) is 5.91 Å². The van der Waals surface area contributed by atoms with Crippen molar-refractivity contribution in [2.45, 2.75) is 26.3 Å². The van der Waals surface area contributed by atoms with E-state index in [9.17, 15) is 9.59 Å². The molecule has 0 aliphatic carbocycles. The summed E-state index contributed by atoms with van der Waals surface area (Å²) >= 11 is 5.94. The summed E-state index contributed by atoms with van der Waals surface area (Å²) in [5, 5.41) is 6.83. The van der Waals surface area contributed by atoms with Crippen molar-refractivity contribution < 1.29 is 9.59 Å². The van der Waals surface area contributed by atoms with Crippen LogP contribution in [0, 0.1) is 5.92 Å². The standard InChI is InChI=1S/C16H20ClN3O2/c1-9(2)6-13(15(21)18-3)20-16(22)14-8-10-7-11(17)4-5-12(10)19-14/h4-5,7-9,13,19H,6H2,1-3H3,(H,18,21)(H,20,22)/t13-/m0/s1. The number of aromatic amines is 1. The van der Waals surface area contributed by atoms with Crippen LogP contribution in [0.4, 0.5) is 0 Å². The molecule has 0 bridgehead atoms. The molecule has 118 valence electrons. The number of hydrogen-bond acceptors (Lipinski definition) is 2. The quantitative estimate of drug-likeness (QED) is 0.792. The van der Waals surface area contributed by atoms with E-state index in [1.54, 1.807) is 25.2 Å². The van der Waals surface area contributed by atoms with Crippen LogP contribution in [0.3, 0.4) is 0 Å². The molecule has 0 radical (unpaired) electrons. The summed E-state index contributed by atoms with van der Waals surface area (Å²) in [6.45, 7) is 4.01. The van der Waals surface area contributed by atoms with Gasteiger partial charge in [0.25, 0.3) is 5.91 Å². The van der Waals surface area contributed by atoms with Crippen molar-refractivity contribution in [3.8, 4) is 0 Å². The number of likely N-dealkylation sites (N-methyl/N-ethyl adjacent to an activating group) is 1. The summed E-state index contributed by atoms with van der Waals surface area (Å²) in [6.07, 6.45) is 0.581. The Morgan fingerprint density at radius 2 is 2.00 bits per heavy atom. The molecule has 1 aromatic carbocycles. The van der Waals surface area contributed by atoms with Gasteiger partial charge in [-0.15, -0.1) is 0 Å². The number of carbonyl (C=O) groups is 2. The van der Waals surface area contributed by atoms with Gasteiger partial charge in [0.15, 0.2) is 0 Å². The molecule has 2 rings (SSSR count). The minimum atomic E-state index is -0.549. The lowest BCUT2D eigenvalue weighted by molar-refractivity contribution is -0.122. The van der Waals surface area contributed by atoms with Gasteiger partial charge in [-0.25, -0.2) is 0 Å². The first kappa shape index (κ1) is 16.4. The number of carbonyl (C=O) groups excluding carboxylic acids is 2. The Hall–Kier alpha value is -2.01. The number of aromatic nitrogens is 1. The summed E-state index contributed by atoms with van der Waals surface area (Å²) in [4.78, 5) is 27.3. The molecular weight excluding hydrogens is 302 g/mol. The van der Waals surface area contributed by atoms with E-state index in [0.29, 0.717) is 23.1 Å². The number of hydrogen-bond donors (Lipinski definition) is 3. The highest BCUT2D eigenvalue weighted by Crippen LogP contribution is 2.20. The molecule has 1 aromatic heterocycles. The zero-order chi connectivity index (χ0) is 16.3. The summed E-state index contributed by atoms with van der Waals surface area (Å²) in [6, 6.07) is 6.54. The maximum Gasteiger partial charge on any atom is 0.268 e. The van der Waals surface area contributed by atoms with Gasteiger partial charge in [0.1, 0.15) is 11.7 Å². The summed E-state index contributed by atoms with van der Waals surface area (Å²) in [5.41, 5.74) is 1.24. The second-order valence-corrected chi connectivity index (χ2v) is 6.12. The topological polar surface area (TPSA) is 74.0 Å². The Balaban J connectivity index is 2.19. The number of rotatable bonds is 5. The predicted molar refractivity (Wildman–Crippen MR) is 88.1 cm³/mol. The van der Waals surface area contributed by atoms with E-state index in [1.807, 2.05) is 19.9 Å². The average Bonchev–Trinajstić information content (AvgIpc) is 2.88. The second kappa shape index (κ2) is 6.83. The Morgan fingerprint density at radius 1 is 1.27 bits per heavy atom. The normalized spacial score (nSPS) is 12.4. The number of halogens is 1. The lowest BCUT2D eigenvalue weighted by Crippen LogP contribution is -2.46. The highest BCUT2D eigenvalue weighted by atomic mass is 35.5. The number of H-pyrrole nitrogens is 1. The predicted octanol–water partition coefficient (Wildman–Crippen LogP) is 2.71. The molecule has 0 aliphatic rings. The summed E-state index contributed by atoms with van der Waals surface area (Å²) in [5.74, 6) is -0.202. The Labute approximate surface area is 134 Å². The minimum Gasteiger partial charge on any atom is -0.357 e. The SMILES string of the molecule is CNC(=O)[C@H](CC(C)C)NC(=O)c1cc2cc(Cl)ccc2[nH]1. The van der Waals surface area contributed by atoms with Crippen LogP contribution < -0.4 is 10.6 Å². The smallest absolute Gasteiger partial charge is 0.268 e. The molecule has 22 heavy (non-hydrogen) atoms. The number of fused-ring (bicyclic) bond motifs is 1. The molecule has 3 N–H and O–H groups in total. The van der Waals surface area contributed by atoms with Crippen molar-refractivity contribution >= 4 is 34.3 Å². The van der Waals surface area contributed by atoms with E-state index in [0.717, 1.165) is 10.9 Å². The third kappa shape index (κ3) is 3.80. The summed E-state index contributed by atoms with van der Waals surface area (Å²) in [7, 11) is 1.56. The molecule has 1 atom stereocenters. The van der Waals surface area contributed by atoms with E-state index >= 15 is 0 Å². The number of nitrogens with one attached hydrogen (secondary N) is 3. The van der Waals surface area contributed by atoms with Gasteiger partial charge < -0.3 is 15.6 Å². The van der Waals surface area contributed by atoms with Crippen molar-refractivity contribution in [2.75, 3.05) is 7.05 Å². The van der Waals surface area contributed by atoms with Crippen molar-refractivity contribution in [3.05, 3.63) is 35.0 Å². The molecule has 2 aromatic rings. The lowest BCUT2D eigenvalue weighted by Gasteiger charge is -2.18. The molecule has 0 spiro atoms. The molecular formula is C16H20ClN3O2. The second-order valence-electron chi connectivity index (χ2n) is 5.68. The van der Waals surface area contributed by atoms with E-state index < -0.39 is 6.04 Å². The number of benzene rings is 1. The number of amides is 2. The van der Waals surface area contributed by atoms with Gasteiger partial charge in [-0.05, 0) is 36.6 Å². The van der Waals surface area contributed by atoms with Crippen molar-refractivity contribution in [3.63, 3.8) is 0 Å². The van der Waals surface area contributed by atoms with Gasteiger partial charge >= 0.3 is 0 Å². The van der Waals surface area contributed by atoms with Crippen LogP contribution in [0.25, 0.3) is 10.9 Å². The maximum absolute atomic E-state index is 12.4. The Bertz CT molecular complexity index is 694. The van der Waals surface area contributed by atoms with Crippen LogP contribution >= 0.6 is 11.6 Å². The fourth-order valence-electron chi connectivity index (χ4n) is 2.34. The molecule has 0 fully saturated rings. The largest absolute Gasteiger partial charge is 0.357 e. The van der Waals surface area contributed by atoms with E-state index in [1.165, 1.54) is 0 Å². The zero-order valence-electron chi connectivity index (χ0n) is 12.9. The van der Waals surface area contributed by atoms with Gasteiger partial charge in [0, 0.05) is 23.0 Å². The monoisotopic (exact) mass is 321 g/mol. The molecule has 1 heterocycles. The fourth-order valence-corrected chi connectivity index (χ4v) is 2.52. The molecule has 0 saturated heterocycles. The molecule has 6 heteroatoms. The highest BCUT2D eigenvalue weighted by Gasteiger charge is 2.22. The van der Waals surface area contributed by atoms with Crippen molar-refractivity contribution in [1.82, 2.24) is 15.6 Å². The van der Waals surface area contributed by atoms with Gasteiger partial charge in [-0.3, -0.25) is 9.59 Å². The first-order valence-electron chi connectivity index (χ1n) is 7.21. The third-order valence-corrected chi connectivity index (χ3v) is 3.64. The van der Waals surface area contributed by atoms with Crippen LogP contribution in [-0.2, 0) is 4.79 Å². The first-order chi connectivity index (χ1) is 10.4. The Morgan fingerprint density at radius 3 is 2.64 bits per heavy atom. The van der Waals surface area contributed by atoms with Crippen LogP contribution in [-0.4, -0.2) is 29.9 Å². The fraction of sp³-hybridized carbons (Fsp3) is 0.375. The maximum atomic E-state index is 12.4. The summed E-state index contributed by atoms with van der Waals surface area (Å²) < 4.78 is 0. The van der Waals surface area contributed by atoms with Gasteiger partial charge in [-0.1, -0.05) is 25.4 Å². The van der Waals surface area contributed by atoms with Crippen LogP contribution in [0.1, 0.15) is 30.8 Å². The van der Waals surface area contributed by atoms with E-state index in [-0.39, 0.29) is 11.8 Å². The van der Waals surface area contributed by atoms with Gasteiger partial charge in [-0.2, -0.15) is 0 Å². The van der Waals surface area contributed by atoms with E-state index in [4.69, 9.17) is 11.6 Å². The van der Waals surface area contributed by atoms with Crippen LogP contribution in [0.15, 0.2) is 24.3 Å². The molecule has 0 unspecified atom stereocenters. The highest BCUT2D eigenvalue weighted by molar-refractivity contribution is 6.31. The van der Waals surface area contributed by atoms with E-state index in [2.05, 4.69) is 15.6 Å².